The Morgan fingerprint density at radius 2 is 2.12 bits per heavy atom. The molecule has 0 bridgehead atoms. The van der Waals surface area contributed by atoms with Gasteiger partial charge in [-0.2, -0.15) is 0 Å². The molecule has 3 rings (SSSR count). The van der Waals surface area contributed by atoms with Crippen molar-refractivity contribution in [3.05, 3.63) is 42.5 Å². The van der Waals surface area contributed by atoms with Gasteiger partial charge >= 0.3 is 5.97 Å². The third-order valence-corrected chi connectivity index (χ3v) is 5.42. The summed E-state index contributed by atoms with van der Waals surface area (Å²) in [5.41, 5.74) is 1.18. The first-order valence-corrected chi connectivity index (χ1v) is 10.0. The lowest BCUT2D eigenvalue weighted by Crippen LogP contribution is -2.43. The molecular formula is C21H31N3O2. The summed E-state index contributed by atoms with van der Waals surface area (Å²) in [5, 5.41) is 3.55. The van der Waals surface area contributed by atoms with E-state index in [1.165, 1.54) is 37.7 Å². The number of likely N-dealkylation sites (tertiary alicyclic amines) is 1. The van der Waals surface area contributed by atoms with Crippen molar-refractivity contribution in [2.45, 2.75) is 69.9 Å². The summed E-state index contributed by atoms with van der Waals surface area (Å²) >= 11 is 0. The zero-order chi connectivity index (χ0) is 18.2. The summed E-state index contributed by atoms with van der Waals surface area (Å²) < 4.78 is 5.55. The van der Waals surface area contributed by atoms with Crippen LogP contribution in [0.15, 0.2) is 36.9 Å². The number of hydrogen-bond donors (Lipinski definition) is 1. The van der Waals surface area contributed by atoms with Gasteiger partial charge in [0.25, 0.3) is 0 Å². The summed E-state index contributed by atoms with van der Waals surface area (Å²) in [5.74, 6) is 0.784. The van der Waals surface area contributed by atoms with Crippen LogP contribution in [0.4, 0.5) is 0 Å². The number of aryl methyl sites for hydroxylation is 1. The van der Waals surface area contributed by atoms with Crippen LogP contribution >= 0.6 is 0 Å². The number of carbonyl (C=O) groups is 1. The molecule has 1 N–H and O–H groups in total. The Balaban J connectivity index is 1.41. The van der Waals surface area contributed by atoms with Crippen molar-refractivity contribution in [1.29, 1.82) is 0 Å². The molecule has 26 heavy (non-hydrogen) atoms. The van der Waals surface area contributed by atoms with Crippen LogP contribution in [-0.2, 0) is 16.0 Å². The third-order valence-electron chi connectivity index (χ3n) is 5.42. The van der Waals surface area contributed by atoms with Crippen LogP contribution in [-0.4, -0.2) is 41.1 Å². The van der Waals surface area contributed by atoms with Crippen molar-refractivity contribution in [2.24, 2.45) is 0 Å². The Morgan fingerprint density at radius 1 is 1.27 bits per heavy atom. The lowest BCUT2D eigenvalue weighted by atomic mass is 9.95. The summed E-state index contributed by atoms with van der Waals surface area (Å²) in [4.78, 5) is 18.7. The molecule has 0 aromatic carbocycles. The van der Waals surface area contributed by atoms with Crippen molar-refractivity contribution in [3.8, 4) is 0 Å². The number of rotatable bonds is 8. The van der Waals surface area contributed by atoms with Gasteiger partial charge in [0.15, 0.2) is 0 Å². The number of nitrogens with zero attached hydrogens (tertiary/aromatic N) is 2. The first-order chi connectivity index (χ1) is 12.7. The molecule has 0 amide bonds. The first kappa shape index (κ1) is 18.7. The van der Waals surface area contributed by atoms with Crippen LogP contribution in [0.1, 0.15) is 56.9 Å². The fourth-order valence-corrected chi connectivity index (χ4v) is 3.99. The molecule has 1 aromatic heterocycles. The first-order valence-electron chi connectivity index (χ1n) is 10.0. The minimum atomic E-state index is -0.183. The standard InChI is InChI=1S/C21H31N3O2/c1-17(23-19-10-3-2-4-11-19)24-14-6-12-20(24)21(25)26-15-7-9-18-8-5-13-22-16-18/h5,8,13,16,19-20,23H,1-4,6-7,9-12,14-15H2. The number of hydrogen-bond acceptors (Lipinski definition) is 5. The molecule has 2 aliphatic rings. The van der Waals surface area contributed by atoms with Crippen LogP contribution in [0.2, 0.25) is 0 Å². The Labute approximate surface area is 156 Å². The lowest BCUT2D eigenvalue weighted by molar-refractivity contribution is -0.148. The number of nitrogens with one attached hydrogen (secondary N) is 1. The highest BCUT2D eigenvalue weighted by atomic mass is 16.5. The predicted molar refractivity (Wildman–Crippen MR) is 102 cm³/mol. The van der Waals surface area contributed by atoms with Crippen molar-refractivity contribution < 1.29 is 9.53 Å². The van der Waals surface area contributed by atoms with Crippen molar-refractivity contribution in [2.75, 3.05) is 13.2 Å². The van der Waals surface area contributed by atoms with Crippen LogP contribution in [0.5, 0.6) is 0 Å². The second kappa shape index (κ2) is 9.60. The largest absolute Gasteiger partial charge is 0.464 e. The Hall–Kier alpha value is -2.04. The minimum absolute atomic E-state index is 0.111. The number of pyridine rings is 1. The topological polar surface area (TPSA) is 54.5 Å². The number of aromatic nitrogens is 1. The van der Waals surface area contributed by atoms with Gasteiger partial charge in [-0.15, -0.1) is 0 Å². The van der Waals surface area contributed by atoms with Crippen LogP contribution < -0.4 is 5.32 Å². The van der Waals surface area contributed by atoms with Crippen molar-refractivity contribution in [3.63, 3.8) is 0 Å². The highest BCUT2D eigenvalue weighted by Crippen LogP contribution is 2.24. The Morgan fingerprint density at radius 3 is 2.88 bits per heavy atom. The maximum Gasteiger partial charge on any atom is 0.328 e. The Kier molecular flexibility index (Phi) is 6.92. The molecule has 142 valence electrons. The zero-order valence-corrected chi connectivity index (χ0v) is 15.7. The van der Waals surface area contributed by atoms with Gasteiger partial charge < -0.3 is 15.0 Å². The molecule has 0 spiro atoms. The minimum Gasteiger partial charge on any atom is -0.464 e. The van der Waals surface area contributed by atoms with Gasteiger partial charge in [-0.25, -0.2) is 4.79 Å². The van der Waals surface area contributed by atoms with Crippen LogP contribution in [0.3, 0.4) is 0 Å². The van der Waals surface area contributed by atoms with Gasteiger partial charge in [0.1, 0.15) is 6.04 Å². The second-order valence-electron chi connectivity index (χ2n) is 7.41. The van der Waals surface area contributed by atoms with E-state index in [1.54, 1.807) is 6.20 Å². The smallest absolute Gasteiger partial charge is 0.328 e. The summed E-state index contributed by atoms with van der Waals surface area (Å²) in [7, 11) is 0. The molecule has 1 saturated heterocycles. The summed E-state index contributed by atoms with van der Waals surface area (Å²) in [6, 6.07) is 4.31. The van der Waals surface area contributed by atoms with Crippen molar-refractivity contribution in [1.82, 2.24) is 15.2 Å². The lowest BCUT2D eigenvalue weighted by Gasteiger charge is -2.32. The molecule has 1 aliphatic carbocycles. The maximum absolute atomic E-state index is 12.5. The number of ether oxygens (including phenoxy) is 1. The fourth-order valence-electron chi connectivity index (χ4n) is 3.99. The highest BCUT2D eigenvalue weighted by Gasteiger charge is 2.33. The van der Waals surface area contributed by atoms with Gasteiger partial charge in [-0.05, 0) is 50.2 Å². The van der Waals surface area contributed by atoms with E-state index < -0.39 is 0 Å². The van der Waals surface area contributed by atoms with E-state index in [-0.39, 0.29) is 12.0 Å². The van der Waals surface area contributed by atoms with Crippen LogP contribution in [0.25, 0.3) is 0 Å². The molecule has 1 atom stereocenters. The van der Waals surface area contributed by atoms with E-state index in [2.05, 4.69) is 27.8 Å². The third kappa shape index (κ3) is 5.23. The number of esters is 1. The normalized spacial score (nSPS) is 20.8. The molecule has 2 fully saturated rings. The van der Waals surface area contributed by atoms with Crippen molar-refractivity contribution >= 4 is 5.97 Å². The Bertz CT molecular complexity index is 584. The monoisotopic (exact) mass is 357 g/mol. The predicted octanol–water partition coefficient (Wildman–Crippen LogP) is 3.42. The summed E-state index contributed by atoms with van der Waals surface area (Å²) in [6.07, 6.45) is 13.5. The van der Waals surface area contributed by atoms with E-state index in [1.807, 2.05) is 12.3 Å². The molecule has 0 radical (unpaired) electrons. The van der Waals surface area contributed by atoms with Gasteiger partial charge in [0.2, 0.25) is 0 Å². The highest BCUT2D eigenvalue weighted by molar-refractivity contribution is 5.76. The van der Waals surface area contributed by atoms with Gasteiger partial charge in [-0.3, -0.25) is 4.98 Å². The quantitative estimate of drug-likeness (QED) is 0.571. The van der Waals surface area contributed by atoms with Crippen LogP contribution in [0, 0.1) is 0 Å². The van der Waals surface area contributed by atoms with E-state index in [9.17, 15) is 4.79 Å². The second-order valence-corrected chi connectivity index (χ2v) is 7.41. The van der Waals surface area contributed by atoms with Gasteiger partial charge in [0.05, 0.1) is 12.4 Å². The van der Waals surface area contributed by atoms with Gasteiger partial charge in [0, 0.05) is 25.0 Å². The fraction of sp³-hybridized carbons (Fsp3) is 0.619. The SMILES string of the molecule is C=C(NC1CCCCC1)N1CCCC1C(=O)OCCCc1cccnc1. The maximum atomic E-state index is 12.5. The number of carbonyl (C=O) groups excluding carboxylic acids is 1. The van der Waals surface area contributed by atoms with Gasteiger partial charge in [-0.1, -0.05) is 31.9 Å². The summed E-state index contributed by atoms with van der Waals surface area (Å²) in [6.45, 7) is 5.54. The average molecular weight is 357 g/mol. The zero-order valence-electron chi connectivity index (χ0n) is 15.7. The molecule has 5 heteroatoms. The van der Waals surface area contributed by atoms with E-state index in [0.29, 0.717) is 12.6 Å². The molecule has 1 saturated carbocycles. The molecular weight excluding hydrogens is 326 g/mol. The molecule has 1 unspecified atom stereocenters. The average Bonchev–Trinajstić information content (AvgIpc) is 3.17. The molecule has 2 heterocycles. The molecule has 5 nitrogen and oxygen atoms in total. The van der Waals surface area contributed by atoms with E-state index in [4.69, 9.17) is 4.74 Å². The van der Waals surface area contributed by atoms with E-state index in [0.717, 1.165) is 38.0 Å². The molecule has 1 aromatic rings. The molecule has 1 aliphatic heterocycles. The van der Waals surface area contributed by atoms with E-state index >= 15 is 0 Å².